The van der Waals surface area contributed by atoms with E-state index in [-0.39, 0.29) is 5.91 Å². The van der Waals surface area contributed by atoms with Crippen LogP contribution in [0.15, 0.2) is 42.5 Å². The molecule has 0 aliphatic carbocycles. The maximum atomic E-state index is 11.9. The first-order valence-corrected chi connectivity index (χ1v) is 6.81. The van der Waals surface area contributed by atoms with Gasteiger partial charge in [0.2, 0.25) is 0 Å². The summed E-state index contributed by atoms with van der Waals surface area (Å²) < 4.78 is 0. The Hall–Kier alpha value is -2.23. The van der Waals surface area contributed by atoms with Crippen LogP contribution in [0.4, 0.5) is 5.69 Å². The number of para-hydroxylation sites is 1. The summed E-state index contributed by atoms with van der Waals surface area (Å²) in [6.07, 6.45) is 0. The van der Waals surface area contributed by atoms with Gasteiger partial charge in [0.1, 0.15) is 5.69 Å². The number of H-pyrrole nitrogens is 1. The minimum atomic E-state index is -0.000917. The molecule has 20 heavy (non-hydrogen) atoms. The van der Waals surface area contributed by atoms with E-state index in [2.05, 4.69) is 28.9 Å². The van der Waals surface area contributed by atoms with Gasteiger partial charge < -0.3 is 14.8 Å². The van der Waals surface area contributed by atoms with Gasteiger partial charge in [0.05, 0.1) is 6.54 Å². The van der Waals surface area contributed by atoms with E-state index in [9.17, 15) is 4.79 Å². The number of aromatic nitrogens is 1. The zero-order valence-corrected chi connectivity index (χ0v) is 12.3. The summed E-state index contributed by atoms with van der Waals surface area (Å²) in [6, 6.07) is 14.1. The van der Waals surface area contributed by atoms with E-state index >= 15 is 0 Å². The van der Waals surface area contributed by atoms with Crippen LogP contribution in [0.1, 0.15) is 23.1 Å². The van der Waals surface area contributed by atoms with Gasteiger partial charge in [-0.3, -0.25) is 4.79 Å². The number of hydrogen-bond acceptors (Lipinski definition) is 2. The van der Waals surface area contributed by atoms with Crippen LogP contribution in [0, 0.1) is 0 Å². The van der Waals surface area contributed by atoms with E-state index in [0.29, 0.717) is 5.69 Å². The van der Waals surface area contributed by atoms with Crippen molar-refractivity contribution in [2.24, 2.45) is 0 Å². The fourth-order valence-electron chi connectivity index (χ4n) is 2.13. The van der Waals surface area contributed by atoms with E-state index in [1.54, 1.807) is 19.0 Å². The Kier molecular flexibility index (Phi) is 4.45. The van der Waals surface area contributed by atoms with Crippen LogP contribution >= 0.6 is 0 Å². The van der Waals surface area contributed by atoms with Gasteiger partial charge in [-0.1, -0.05) is 18.2 Å². The molecule has 0 saturated heterocycles. The second kappa shape index (κ2) is 6.28. The van der Waals surface area contributed by atoms with Crippen LogP contribution in [0.25, 0.3) is 0 Å². The smallest absolute Gasteiger partial charge is 0.269 e. The number of anilines is 1. The fourth-order valence-corrected chi connectivity index (χ4v) is 2.13. The quantitative estimate of drug-likeness (QED) is 0.908. The van der Waals surface area contributed by atoms with Gasteiger partial charge >= 0.3 is 0 Å². The third-order valence-electron chi connectivity index (χ3n) is 3.25. The maximum absolute atomic E-state index is 11.9. The number of carbonyl (C=O) groups excluding carboxylic acids is 1. The van der Waals surface area contributed by atoms with E-state index in [1.807, 2.05) is 30.3 Å². The molecule has 1 aromatic carbocycles. The fraction of sp³-hybridized carbons (Fsp3) is 0.312. The Bertz CT molecular complexity index is 560. The SMILES string of the molecule is CCN(Cc1ccc(C(=O)N(C)C)[nH]1)c1ccccc1. The van der Waals surface area contributed by atoms with E-state index < -0.39 is 0 Å². The second-order valence-electron chi connectivity index (χ2n) is 4.95. The Labute approximate surface area is 120 Å². The maximum Gasteiger partial charge on any atom is 0.269 e. The standard InChI is InChI=1S/C16H21N3O/c1-4-19(14-8-6-5-7-9-14)12-13-10-11-15(17-13)16(20)18(2)3/h5-11,17H,4,12H2,1-3H3. The number of nitrogens with zero attached hydrogens (tertiary/aromatic N) is 2. The second-order valence-corrected chi connectivity index (χ2v) is 4.95. The van der Waals surface area contributed by atoms with Crippen molar-refractivity contribution < 1.29 is 4.79 Å². The number of carbonyl (C=O) groups is 1. The number of amides is 1. The highest BCUT2D eigenvalue weighted by molar-refractivity contribution is 5.92. The van der Waals surface area contributed by atoms with Gasteiger partial charge in [0, 0.05) is 32.0 Å². The molecule has 1 aromatic heterocycles. The minimum absolute atomic E-state index is 0.000917. The molecule has 0 bridgehead atoms. The normalized spacial score (nSPS) is 10.3. The van der Waals surface area contributed by atoms with Gasteiger partial charge in [-0.15, -0.1) is 0 Å². The Balaban J connectivity index is 2.11. The van der Waals surface area contributed by atoms with Crippen molar-refractivity contribution in [3.8, 4) is 0 Å². The zero-order valence-electron chi connectivity index (χ0n) is 12.3. The molecular weight excluding hydrogens is 250 g/mol. The molecule has 0 aliphatic rings. The first-order valence-electron chi connectivity index (χ1n) is 6.81. The topological polar surface area (TPSA) is 39.3 Å². The highest BCUT2D eigenvalue weighted by atomic mass is 16.2. The molecule has 1 amide bonds. The lowest BCUT2D eigenvalue weighted by atomic mass is 10.2. The summed E-state index contributed by atoms with van der Waals surface area (Å²) in [5.41, 5.74) is 2.86. The Morgan fingerprint density at radius 2 is 1.80 bits per heavy atom. The van der Waals surface area contributed by atoms with Gasteiger partial charge in [0.15, 0.2) is 0 Å². The van der Waals surface area contributed by atoms with Crippen molar-refractivity contribution in [2.45, 2.75) is 13.5 Å². The third-order valence-corrected chi connectivity index (χ3v) is 3.25. The molecule has 0 atom stereocenters. The molecular formula is C16H21N3O. The summed E-state index contributed by atoms with van der Waals surface area (Å²) in [5.74, 6) is -0.000917. The Morgan fingerprint density at radius 3 is 2.40 bits per heavy atom. The molecule has 0 aliphatic heterocycles. The van der Waals surface area contributed by atoms with E-state index in [1.165, 1.54) is 5.69 Å². The lowest BCUT2D eigenvalue weighted by Crippen LogP contribution is -2.23. The number of nitrogens with one attached hydrogen (secondary N) is 1. The first-order chi connectivity index (χ1) is 9.61. The van der Waals surface area contributed by atoms with Crippen LogP contribution in [0.2, 0.25) is 0 Å². The predicted molar refractivity (Wildman–Crippen MR) is 82.0 cm³/mol. The molecule has 1 heterocycles. The third kappa shape index (κ3) is 3.20. The van der Waals surface area contributed by atoms with Crippen molar-refractivity contribution in [1.29, 1.82) is 0 Å². The summed E-state index contributed by atoms with van der Waals surface area (Å²) in [6.45, 7) is 3.81. The largest absolute Gasteiger partial charge is 0.366 e. The van der Waals surface area contributed by atoms with Crippen molar-refractivity contribution in [1.82, 2.24) is 9.88 Å². The monoisotopic (exact) mass is 271 g/mol. The van der Waals surface area contributed by atoms with Crippen LogP contribution in [0.3, 0.4) is 0 Å². The molecule has 0 radical (unpaired) electrons. The number of benzene rings is 1. The summed E-state index contributed by atoms with van der Waals surface area (Å²) in [5, 5.41) is 0. The van der Waals surface area contributed by atoms with Crippen molar-refractivity contribution in [3.63, 3.8) is 0 Å². The van der Waals surface area contributed by atoms with Crippen LogP contribution in [-0.4, -0.2) is 36.4 Å². The molecule has 0 unspecified atom stereocenters. The molecule has 4 heteroatoms. The van der Waals surface area contributed by atoms with Crippen molar-refractivity contribution >= 4 is 11.6 Å². The summed E-state index contributed by atoms with van der Waals surface area (Å²) >= 11 is 0. The van der Waals surface area contributed by atoms with Crippen LogP contribution in [-0.2, 0) is 6.54 Å². The predicted octanol–water partition coefficient (Wildman–Crippen LogP) is 2.74. The molecule has 1 N–H and O–H groups in total. The van der Waals surface area contributed by atoms with Gasteiger partial charge in [-0.25, -0.2) is 0 Å². The zero-order chi connectivity index (χ0) is 14.5. The summed E-state index contributed by atoms with van der Waals surface area (Å²) in [4.78, 5) is 18.9. The average Bonchev–Trinajstić information content (AvgIpc) is 2.93. The lowest BCUT2D eigenvalue weighted by molar-refractivity contribution is 0.0822. The minimum Gasteiger partial charge on any atom is -0.366 e. The highest BCUT2D eigenvalue weighted by Crippen LogP contribution is 2.16. The van der Waals surface area contributed by atoms with Crippen LogP contribution < -0.4 is 4.90 Å². The molecule has 2 rings (SSSR count). The lowest BCUT2D eigenvalue weighted by Gasteiger charge is -2.22. The molecule has 0 saturated carbocycles. The number of rotatable bonds is 5. The Morgan fingerprint density at radius 1 is 1.10 bits per heavy atom. The van der Waals surface area contributed by atoms with Crippen molar-refractivity contribution in [3.05, 3.63) is 53.9 Å². The number of aromatic amines is 1. The molecule has 4 nitrogen and oxygen atoms in total. The number of hydrogen-bond donors (Lipinski definition) is 1. The van der Waals surface area contributed by atoms with E-state index in [4.69, 9.17) is 0 Å². The van der Waals surface area contributed by atoms with Gasteiger partial charge in [-0.2, -0.15) is 0 Å². The average molecular weight is 271 g/mol. The molecule has 106 valence electrons. The molecule has 2 aromatic rings. The molecule has 0 spiro atoms. The van der Waals surface area contributed by atoms with Gasteiger partial charge in [0.25, 0.3) is 5.91 Å². The first kappa shape index (κ1) is 14.2. The van der Waals surface area contributed by atoms with Gasteiger partial charge in [-0.05, 0) is 31.2 Å². The summed E-state index contributed by atoms with van der Waals surface area (Å²) in [7, 11) is 3.51. The van der Waals surface area contributed by atoms with E-state index in [0.717, 1.165) is 18.8 Å². The van der Waals surface area contributed by atoms with Crippen molar-refractivity contribution in [2.75, 3.05) is 25.5 Å². The molecule has 0 fully saturated rings. The van der Waals surface area contributed by atoms with Crippen LogP contribution in [0.5, 0.6) is 0 Å². The highest BCUT2D eigenvalue weighted by Gasteiger charge is 2.12.